The first-order chi connectivity index (χ1) is 5.65. The lowest BCUT2D eigenvalue weighted by atomic mass is 10.1. The fourth-order valence-electron chi connectivity index (χ4n) is 0.897. The first-order valence-corrected chi connectivity index (χ1v) is 3.84. The summed E-state index contributed by atoms with van der Waals surface area (Å²) in [6.45, 7) is -0.247. The summed E-state index contributed by atoms with van der Waals surface area (Å²) in [6, 6.07) is 3.27. The second-order valence-electron chi connectivity index (χ2n) is 2.45. The minimum absolute atomic E-state index is 0.247. The van der Waals surface area contributed by atoms with Gasteiger partial charge in [0.05, 0.1) is 12.6 Å². The Bertz CT molecular complexity index is 280. The number of benzene rings is 1. The molecule has 1 rings (SSSR count). The molecule has 0 spiro atoms. The van der Waals surface area contributed by atoms with Crippen LogP contribution in [-0.4, -0.2) is 11.7 Å². The second-order valence-corrected chi connectivity index (χ2v) is 2.86. The van der Waals surface area contributed by atoms with Crippen molar-refractivity contribution < 1.29 is 9.50 Å². The van der Waals surface area contributed by atoms with Crippen molar-refractivity contribution in [2.75, 3.05) is 6.61 Å². The minimum Gasteiger partial charge on any atom is -0.394 e. The summed E-state index contributed by atoms with van der Waals surface area (Å²) in [5.74, 6) is -0.404. The Labute approximate surface area is 74.8 Å². The van der Waals surface area contributed by atoms with Crippen LogP contribution in [0.2, 0.25) is 5.02 Å². The Kier molecular flexibility index (Phi) is 3.03. The van der Waals surface area contributed by atoms with Crippen LogP contribution >= 0.6 is 11.6 Å². The van der Waals surface area contributed by atoms with E-state index in [2.05, 4.69) is 0 Å². The van der Waals surface area contributed by atoms with Crippen molar-refractivity contribution in [3.05, 3.63) is 34.6 Å². The molecule has 66 valence electrons. The molecule has 0 unspecified atom stereocenters. The Balaban J connectivity index is 3.04. The molecule has 0 aromatic heterocycles. The van der Waals surface area contributed by atoms with E-state index in [4.69, 9.17) is 22.4 Å². The summed E-state index contributed by atoms with van der Waals surface area (Å²) in [5.41, 5.74) is 5.89. The van der Waals surface area contributed by atoms with Gasteiger partial charge in [0.15, 0.2) is 0 Å². The second kappa shape index (κ2) is 3.85. The lowest BCUT2D eigenvalue weighted by molar-refractivity contribution is 0.268. The van der Waals surface area contributed by atoms with E-state index in [1.54, 1.807) is 0 Å². The van der Waals surface area contributed by atoms with E-state index in [0.29, 0.717) is 10.6 Å². The lowest BCUT2D eigenvalue weighted by Gasteiger charge is -2.09. The van der Waals surface area contributed by atoms with E-state index < -0.39 is 11.9 Å². The number of hydrogen-bond donors (Lipinski definition) is 2. The van der Waals surface area contributed by atoms with Gasteiger partial charge in [-0.05, 0) is 23.8 Å². The van der Waals surface area contributed by atoms with Gasteiger partial charge in [-0.25, -0.2) is 4.39 Å². The van der Waals surface area contributed by atoms with E-state index in [0.717, 1.165) is 0 Å². The Morgan fingerprint density at radius 3 is 2.83 bits per heavy atom. The van der Waals surface area contributed by atoms with E-state index in [1.807, 2.05) is 0 Å². The maximum Gasteiger partial charge on any atom is 0.123 e. The minimum atomic E-state index is -0.617. The van der Waals surface area contributed by atoms with Crippen LogP contribution < -0.4 is 5.73 Å². The van der Waals surface area contributed by atoms with Gasteiger partial charge in [-0.2, -0.15) is 0 Å². The average Bonchev–Trinajstić information content (AvgIpc) is 2.08. The SMILES string of the molecule is N[C@H](CO)c1cc(F)ccc1Cl. The zero-order valence-electron chi connectivity index (χ0n) is 6.30. The molecule has 0 saturated carbocycles. The number of rotatable bonds is 2. The standard InChI is InChI=1S/C8H9ClFNO/c9-7-2-1-5(10)3-6(7)8(11)4-12/h1-3,8,12H,4,11H2/t8-/m1/s1. The summed E-state index contributed by atoms with van der Waals surface area (Å²) in [5, 5.41) is 9.07. The molecule has 1 atom stereocenters. The topological polar surface area (TPSA) is 46.2 Å². The highest BCUT2D eigenvalue weighted by atomic mass is 35.5. The van der Waals surface area contributed by atoms with Crippen molar-refractivity contribution in [3.8, 4) is 0 Å². The fourth-order valence-corrected chi connectivity index (χ4v) is 1.15. The quantitative estimate of drug-likeness (QED) is 0.740. The van der Waals surface area contributed by atoms with Crippen LogP contribution in [0.15, 0.2) is 18.2 Å². The van der Waals surface area contributed by atoms with Crippen LogP contribution in [0.3, 0.4) is 0 Å². The van der Waals surface area contributed by atoms with Gasteiger partial charge in [0.1, 0.15) is 5.82 Å². The summed E-state index contributed by atoms with van der Waals surface area (Å²) in [6.07, 6.45) is 0. The molecule has 1 aromatic carbocycles. The zero-order chi connectivity index (χ0) is 9.14. The molecule has 0 aliphatic rings. The Hall–Kier alpha value is -0.640. The Morgan fingerprint density at radius 2 is 2.25 bits per heavy atom. The predicted molar refractivity (Wildman–Crippen MR) is 45.4 cm³/mol. The van der Waals surface area contributed by atoms with Gasteiger partial charge in [0.2, 0.25) is 0 Å². The number of aliphatic hydroxyl groups excluding tert-OH is 1. The first kappa shape index (κ1) is 9.45. The predicted octanol–water partition coefficient (Wildman–Crippen LogP) is 1.47. The third-order valence-electron chi connectivity index (χ3n) is 1.55. The normalized spacial score (nSPS) is 13.0. The number of aliphatic hydroxyl groups is 1. The maximum absolute atomic E-state index is 12.6. The van der Waals surface area contributed by atoms with Gasteiger partial charge < -0.3 is 10.8 Å². The summed E-state index contributed by atoms with van der Waals surface area (Å²) < 4.78 is 12.6. The molecule has 4 heteroatoms. The highest BCUT2D eigenvalue weighted by Crippen LogP contribution is 2.21. The molecule has 0 amide bonds. The molecule has 0 saturated heterocycles. The average molecular weight is 190 g/mol. The van der Waals surface area contributed by atoms with Crippen LogP contribution in [-0.2, 0) is 0 Å². The van der Waals surface area contributed by atoms with E-state index in [-0.39, 0.29) is 6.61 Å². The van der Waals surface area contributed by atoms with E-state index >= 15 is 0 Å². The van der Waals surface area contributed by atoms with Gasteiger partial charge in [-0.3, -0.25) is 0 Å². The molecule has 2 nitrogen and oxygen atoms in total. The van der Waals surface area contributed by atoms with Crippen LogP contribution in [0.5, 0.6) is 0 Å². The molecular formula is C8H9ClFNO. The van der Waals surface area contributed by atoms with E-state index in [1.165, 1.54) is 18.2 Å². The third kappa shape index (κ3) is 1.94. The molecule has 0 heterocycles. The molecule has 0 radical (unpaired) electrons. The third-order valence-corrected chi connectivity index (χ3v) is 1.90. The maximum atomic E-state index is 12.6. The lowest BCUT2D eigenvalue weighted by Crippen LogP contribution is -2.15. The van der Waals surface area contributed by atoms with Crippen LogP contribution in [0.25, 0.3) is 0 Å². The van der Waals surface area contributed by atoms with Crippen molar-refractivity contribution in [2.24, 2.45) is 5.73 Å². The number of halogens is 2. The van der Waals surface area contributed by atoms with Crippen molar-refractivity contribution in [2.45, 2.75) is 6.04 Å². The van der Waals surface area contributed by atoms with Crippen LogP contribution in [0, 0.1) is 5.82 Å². The summed E-state index contributed by atoms with van der Waals surface area (Å²) in [4.78, 5) is 0. The van der Waals surface area contributed by atoms with Gasteiger partial charge in [-0.15, -0.1) is 0 Å². The highest BCUT2D eigenvalue weighted by Gasteiger charge is 2.09. The largest absolute Gasteiger partial charge is 0.394 e. The van der Waals surface area contributed by atoms with Gasteiger partial charge in [0.25, 0.3) is 0 Å². The molecule has 0 aliphatic heterocycles. The van der Waals surface area contributed by atoms with Crippen LogP contribution in [0.4, 0.5) is 4.39 Å². The van der Waals surface area contributed by atoms with Crippen molar-refractivity contribution in [1.82, 2.24) is 0 Å². The molecule has 0 bridgehead atoms. The van der Waals surface area contributed by atoms with Crippen LogP contribution in [0.1, 0.15) is 11.6 Å². The fraction of sp³-hybridized carbons (Fsp3) is 0.250. The molecular weight excluding hydrogens is 181 g/mol. The summed E-state index contributed by atoms with van der Waals surface area (Å²) in [7, 11) is 0. The molecule has 0 fully saturated rings. The van der Waals surface area contributed by atoms with Gasteiger partial charge >= 0.3 is 0 Å². The van der Waals surface area contributed by atoms with Crippen molar-refractivity contribution in [1.29, 1.82) is 0 Å². The number of hydrogen-bond acceptors (Lipinski definition) is 2. The molecule has 3 N–H and O–H groups in total. The van der Waals surface area contributed by atoms with Crippen molar-refractivity contribution >= 4 is 11.6 Å². The van der Waals surface area contributed by atoms with E-state index in [9.17, 15) is 4.39 Å². The zero-order valence-corrected chi connectivity index (χ0v) is 7.05. The van der Waals surface area contributed by atoms with Gasteiger partial charge in [-0.1, -0.05) is 11.6 Å². The first-order valence-electron chi connectivity index (χ1n) is 3.46. The number of nitrogens with two attached hydrogens (primary N) is 1. The Morgan fingerprint density at radius 1 is 1.58 bits per heavy atom. The smallest absolute Gasteiger partial charge is 0.123 e. The molecule has 1 aromatic rings. The molecule has 12 heavy (non-hydrogen) atoms. The highest BCUT2D eigenvalue weighted by molar-refractivity contribution is 6.31. The van der Waals surface area contributed by atoms with Gasteiger partial charge in [0, 0.05) is 5.02 Å². The van der Waals surface area contributed by atoms with Crippen molar-refractivity contribution in [3.63, 3.8) is 0 Å². The monoisotopic (exact) mass is 189 g/mol. The summed E-state index contributed by atoms with van der Waals surface area (Å²) >= 11 is 5.71. The molecule has 0 aliphatic carbocycles.